The Balaban J connectivity index is 2.76. The van der Waals surface area contributed by atoms with E-state index in [9.17, 15) is 4.79 Å². The molecule has 0 aromatic carbocycles. The maximum absolute atomic E-state index is 11.5. The fourth-order valence-electron chi connectivity index (χ4n) is 1.76. The van der Waals surface area contributed by atoms with Crippen LogP contribution in [0.2, 0.25) is 0 Å². The number of anilines is 1. The fourth-order valence-corrected chi connectivity index (χ4v) is 2.21. The molecule has 1 heterocycles. The van der Waals surface area contributed by atoms with Gasteiger partial charge < -0.3 is 10.2 Å². The second kappa shape index (κ2) is 6.00. The van der Waals surface area contributed by atoms with E-state index in [0.717, 1.165) is 15.9 Å². The van der Waals surface area contributed by atoms with Crippen molar-refractivity contribution in [3.05, 3.63) is 22.3 Å². The molecule has 0 spiro atoms. The molecule has 0 saturated carbocycles. The minimum Gasteiger partial charge on any atom is -0.359 e. The lowest BCUT2D eigenvalue weighted by molar-refractivity contribution is -0.123. The van der Waals surface area contributed by atoms with Gasteiger partial charge in [0.05, 0.1) is 5.92 Å². The maximum Gasteiger partial charge on any atom is 0.224 e. The van der Waals surface area contributed by atoms with Gasteiger partial charge in [-0.2, -0.15) is 0 Å². The summed E-state index contributed by atoms with van der Waals surface area (Å²) in [6.07, 6.45) is 1.77. The Morgan fingerprint density at radius 2 is 2.29 bits per heavy atom. The average Bonchev–Trinajstić information content (AvgIpc) is 2.27. The van der Waals surface area contributed by atoms with Crippen LogP contribution in [0.1, 0.15) is 12.5 Å². The molecule has 1 N–H and O–H groups in total. The summed E-state index contributed by atoms with van der Waals surface area (Å²) in [7, 11) is 3.60. The molecule has 4 nitrogen and oxygen atoms in total. The van der Waals surface area contributed by atoms with E-state index in [1.165, 1.54) is 0 Å². The predicted molar refractivity (Wildman–Crippen MR) is 73.2 cm³/mol. The third-order valence-corrected chi connectivity index (χ3v) is 3.05. The zero-order valence-electron chi connectivity index (χ0n) is 10.6. The Labute approximate surface area is 111 Å². The first-order valence-electron chi connectivity index (χ1n) is 5.50. The Hall–Kier alpha value is -1.10. The molecular formula is C12H18BrN3O. The molecule has 0 unspecified atom stereocenters. The molecule has 1 aromatic heterocycles. The standard InChI is InChI=1S/C12H18BrN3O/c1-8-5-10(13)6-15-11(8)16(4)7-9(2)12(17)14-3/h5-6,9H,7H2,1-4H3,(H,14,17)/t9-/m0/s1. The van der Waals surface area contributed by atoms with Crippen LogP contribution in [0.3, 0.4) is 0 Å². The summed E-state index contributed by atoms with van der Waals surface area (Å²) >= 11 is 3.39. The van der Waals surface area contributed by atoms with E-state index >= 15 is 0 Å². The summed E-state index contributed by atoms with van der Waals surface area (Å²) < 4.78 is 0.964. The van der Waals surface area contributed by atoms with Gasteiger partial charge in [-0.3, -0.25) is 4.79 Å². The molecule has 1 amide bonds. The van der Waals surface area contributed by atoms with E-state index in [-0.39, 0.29) is 11.8 Å². The summed E-state index contributed by atoms with van der Waals surface area (Å²) in [5.74, 6) is 0.894. The molecule has 0 aliphatic carbocycles. The molecule has 0 fully saturated rings. The van der Waals surface area contributed by atoms with Gasteiger partial charge in [-0.15, -0.1) is 0 Å². The number of hydrogen-bond donors (Lipinski definition) is 1. The van der Waals surface area contributed by atoms with Crippen LogP contribution in [0.5, 0.6) is 0 Å². The number of rotatable bonds is 4. The molecule has 0 aliphatic rings. The smallest absolute Gasteiger partial charge is 0.224 e. The number of halogens is 1. The summed E-state index contributed by atoms with van der Waals surface area (Å²) in [6.45, 7) is 4.56. The van der Waals surface area contributed by atoms with Crippen molar-refractivity contribution in [2.75, 3.05) is 25.5 Å². The van der Waals surface area contributed by atoms with E-state index in [4.69, 9.17) is 0 Å². The van der Waals surface area contributed by atoms with Crippen LogP contribution in [0, 0.1) is 12.8 Å². The topological polar surface area (TPSA) is 45.2 Å². The number of aryl methyl sites for hydroxylation is 1. The third kappa shape index (κ3) is 3.70. The van der Waals surface area contributed by atoms with Gasteiger partial charge in [-0.1, -0.05) is 6.92 Å². The number of nitrogens with zero attached hydrogens (tertiary/aromatic N) is 2. The van der Waals surface area contributed by atoms with Crippen LogP contribution in [-0.2, 0) is 4.79 Å². The second-order valence-electron chi connectivity index (χ2n) is 4.19. The van der Waals surface area contributed by atoms with Gasteiger partial charge in [0.2, 0.25) is 5.91 Å². The molecule has 1 rings (SSSR count). The molecule has 94 valence electrons. The highest BCUT2D eigenvalue weighted by molar-refractivity contribution is 9.10. The van der Waals surface area contributed by atoms with Gasteiger partial charge in [0.25, 0.3) is 0 Å². The molecule has 0 radical (unpaired) electrons. The third-order valence-electron chi connectivity index (χ3n) is 2.62. The van der Waals surface area contributed by atoms with Crippen molar-refractivity contribution in [1.29, 1.82) is 0 Å². The number of aromatic nitrogens is 1. The summed E-state index contributed by atoms with van der Waals surface area (Å²) in [6, 6.07) is 2.02. The lowest BCUT2D eigenvalue weighted by Crippen LogP contribution is -2.34. The van der Waals surface area contributed by atoms with Crippen molar-refractivity contribution in [3.63, 3.8) is 0 Å². The maximum atomic E-state index is 11.5. The van der Waals surface area contributed by atoms with Crippen molar-refractivity contribution in [2.24, 2.45) is 5.92 Å². The molecular weight excluding hydrogens is 282 g/mol. The Morgan fingerprint density at radius 1 is 1.65 bits per heavy atom. The van der Waals surface area contributed by atoms with Gasteiger partial charge in [0.1, 0.15) is 5.82 Å². The molecule has 1 atom stereocenters. The van der Waals surface area contributed by atoms with Gasteiger partial charge in [-0.05, 0) is 34.5 Å². The van der Waals surface area contributed by atoms with E-state index in [0.29, 0.717) is 6.54 Å². The average molecular weight is 300 g/mol. The van der Waals surface area contributed by atoms with Gasteiger partial charge in [0, 0.05) is 31.3 Å². The van der Waals surface area contributed by atoms with Crippen molar-refractivity contribution in [2.45, 2.75) is 13.8 Å². The van der Waals surface area contributed by atoms with Gasteiger partial charge >= 0.3 is 0 Å². The SMILES string of the molecule is CNC(=O)[C@@H](C)CN(C)c1ncc(Br)cc1C. The van der Waals surface area contributed by atoms with Gasteiger partial charge in [-0.25, -0.2) is 4.98 Å². The molecule has 0 saturated heterocycles. The molecule has 17 heavy (non-hydrogen) atoms. The number of carbonyl (C=O) groups is 1. The number of nitrogens with one attached hydrogen (secondary N) is 1. The van der Waals surface area contributed by atoms with Crippen molar-refractivity contribution >= 4 is 27.7 Å². The Bertz CT molecular complexity index is 409. The first-order valence-corrected chi connectivity index (χ1v) is 6.30. The van der Waals surface area contributed by atoms with Crippen molar-refractivity contribution in [3.8, 4) is 0 Å². The van der Waals surface area contributed by atoms with Crippen molar-refractivity contribution in [1.82, 2.24) is 10.3 Å². The van der Waals surface area contributed by atoms with E-state index in [1.54, 1.807) is 13.2 Å². The predicted octanol–water partition coefficient (Wildman–Crippen LogP) is 1.97. The largest absolute Gasteiger partial charge is 0.359 e. The summed E-state index contributed by atoms with van der Waals surface area (Å²) in [5.41, 5.74) is 1.09. The lowest BCUT2D eigenvalue weighted by atomic mass is 10.1. The monoisotopic (exact) mass is 299 g/mol. The fraction of sp³-hybridized carbons (Fsp3) is 0.500. The lowest BCUT2D eigenvalue weighted by Gasteiger charge is -2.23. The molecule has 1 aromatic rings. The van der Waals surface area contributed by atoms with Crippen LogP contribution in [-0.4, -0.2) is 31.5 Å². The number of hydrogen-bond acceptors (Lipinski definition) is 3. The highest BCUT2D eigenvalue weighted by Crippen LogP contribution is 2.20. The first-order chi connectivity index (χ1) is 7.95. The number of carbonyl (C=O) groups excluding carboxylic acids is 1. The zero-order chi connectivity index (χ0) is 13.0. The Kier molecular flexibility index (Phi) is 4.93. The van der Waals surface area contributed by atoms with Crippen LogP contribution in [0.4, 0.5) is 5.82 Å². The van der Waals surface area contributed by atoms with E-state index in [1.807, 2.05) is 31.9 Å². The van der Waals surface area contributed by atoms with Crippen LogP contribution in [0.15, 0.2) is 16.7 Å². The van der Waals surface area contributed by atoms with Crippen LogP contribution >= 0.6 is 15.9 Å². The quantitative estimate of drug-likeness (QED) is 0.924. The number of pyridine rings is 1. The minimum absolute atomic E-state index is 0.0478. The summed E-state index contributed by atoms with van der Waals surface area (Å²) in [4.78, 5) is 17.8. The normalized spacial score (nSPS) is 12.1. The zero-order valence-corrected chi connectivity index (χ0v) is 12.2. The highest BCUT2D eigenvalue weighted by Gasteiger charge is 2.15. The first kappa shape index (κ1) is 14.0. The molecule has 0 bridgehead atoms. The van der Waals surface area contributed by atoms with Crippen LogP contribution in [0.25, 0.3) is 0 Å². The molecule has 5 heteroatoms. The Morgan fingerprint density at radius 3 is 2.82 bits per heavy atom. The highest BCUT2D eigenvalue weighted by atomic mass is 79.9. The van der Waals surface area contributed by atoms with Gasteiger partial charge in [0.15, 0.2) is 0 Å². The van der Waals surface area contributed by atoms with Crippen LogP contribution < -0.4 is 10.2 Å². The second-order valence-corrected chi connectivity index (χ2v) is 5.11. The number of amides is 1. The van der Waals surface area contributed by atoms with E-state index in [2.05, 4.69) is 26.2 Å². The molecule has 0 aliphatic heterocycles. The van der Waals surface area contributed by atoms with Crippen molar-refractivity contribution < 1.29 is 4.79 Å². The minimum atomic E-state index is -0.0603. The van der Waals surface area contributed by atoms with E-state index < -0.39 is 0 Å². The summed E-state index contributed by atoms with van der Waals surface area (Å²) in [5, 5.41) is 2.65.